The van der Waals surface area contributed by atoms with Gasteiger partial charge in [0.2, 0.25) is 0 Å². The van der Waals surface area contributed by atoms with Crippen LogP contribution in [-0.4, -0.2) is 22.0 Å². The summed E-state index contributed by atoms with van der Waals surface area (Å²) in [4.78, 5) is 39.1. The molecular formula is C25H17Cl2NO4S. The molecule has 0 N–H and O–H groups in total. The molecule has 0 radical (unpaired) electrons. The SMILES string of the molecule is Cc1cccc(CN2C(=O)S/C(=C\c3ccc(OC(=O)c4ccc(Cl)cc4Cl)cc3)C2=O)c1. The van der Waals surface area contributed by atoms with E-state index in [1.165, 1.54) is 17.0 Å². The van der Waals surface area contributed by atoms with E-state index in [0.717, 1.165) is 22.9 Å². The normalized spacial score (nSPS) is 14.8. The lowest BCUT2D eigenvalue weighted by Gasteiger charge is -2.12. The molecule has 166 valence electrons. The van der Waals surface area contributed by atoms with E-state index in [2.05, 4.69) is 0 Å². The molecular weight excluding hydrogens is 481 g/mol. The van der Waals surface area contributed by atoms with E-state index in [4.69, 9.17) is 27.9 Å². The average molecular weight is 498 g/mol. The van der Waals surface area contributed by atoms with E-state index in [1.807, 2.05) is 31.2 Å². The Hall–Kier alpha value is -3.06. The number of hydrogen-bond donors (Lipinski definition) is 0. The molecule has 8 heteroatoms. The third-order valence-corrected chi connectivity index (χ3v) is 6.29. The maximum Gasteiger partial charge on any atom is 0.345 e. The van der Waals surface area contributed by atoms with Crippen molar-refractivity contribution in [3.8, 4) is 5.75 Å². The van der Waals surface area contributed by atoms with Crippen molar-refractivity contribution >= 4 is 58.2 Å². The van der Waals surface area contributed by atoms with E-state index in [0.29, 0.717) is 21.2 Å². The third-order valence-electron chi connectivity index (χ3n) is 4.84. The van der Waals surface area contributed by atoms with Crippen LogP contribution in [-0.2, 0) is 11.3 Å². The highest BCUT2D eigenvalue weighted by atomic mass is 35.5. The van der Waals surface area contributed by atoms with E-state index >= 15 is 0 Å². The van der Waals surface area contributed by atoms with Crippen LogP contribution < -0.4 is 4.74 Å². The van der Waals surface area contributed by atoms with Crippen molar-refractivity contribution in [2.45, 2.75) is 13.5 Å². The Bertz CT molecular complexity index is 1290. The second-order valence-corrected chi connectivity index (χ2v) is 9.18. The van der Waals surface area contributed by atoms with Crippen LogP contribution >= 0.6 is 35.0 Å². The van der Waals surface area contributed by atoms with Crippen molar-refractivity contribution in [1.82, 2.24) is 4.90 Å². The van der Waals surface area contributed by atoms with Crippen LogP contribution in [0.15, 0.2) is 71.6 Å². The molecule has 1 aliphatic heterocycles. The first-order chi connectivity index (χ1) is 15.8. The lowest BCUT2D eigenvalue weighted by molar-refractivity contribution is -0.123. The van der Waals surface area contributed by atoms with E-state index in [9.17, 15) is 14.4 Å². The van der Waals surface area contributed by atoms with Gasteiger partial charge in [0.15, 0.2) is 0 Å². The van der Waals surface area contributed by atoms with Crippen LogP contribution in [0, 0.1) is 6.92 Å². The quantitative estimate of drug-likeness (QED) is 0.221. The van der Waals surface area contributed by atoms with Crippen molar-refractivity contribution in [2.75, 3.05) is 0 Å². The van der Waals surface area contributed by atoms with E-state index < -0.39 is 5.97 Å². The number of amides is 2. The number of aryl methyl sites for hydroxylation is 1. The van der Waals surface area contributed by atoms with Gasteiger partial charge in [0.25, 0.3) is 11.1 Å². The van der Waals surface area contributed by atoms with Gasteiger partial charge in [-0.1, -0.05) is 65.2 Å². The number of halogens is 2. The minimum absolute atomic E-state index is 0.200. The average Bonchev–Trinajstić information content (AvgIpc) is 3.02. The topological polar surface area (TPSA) is 63.7 Å². The smallest absolute Gasteiger partial charge is 0.345 e. The van der Waals surface area contributed by atoms with E-state index in [-0.39, 0.29) is 28.3 Å². The number of ether oxygens (including phenoxy) is 1. The van der Waals surface area contributed by atoms with Gasteiger partial charge in [-0.2, -0.15) is 0 Å². The summed E-state index contributed by atoms with van der Waals surface area (Å²) in [5.41, 5.74) is 2.85. The number of thioether (sulfide) groups is 1. The fourth-order valence-corrected chi connectivity index (χ4v) is 4.55. The molecule has 0 unspecified atom stereocenters. The predicted molar refractivity (Wildman–Crippen MR) is 131 cm³/mol. The summed E-state index contributed by atoms with van der Waals surface area (Å²) < 4.78 is 5.36. The number of hydrogen-bond acceptors (Lipinski definition) is 5. The molecule has 0 saturated carbocycles. The molecule has 3 aromatic carbocycles. The molecule has 2 amide bonds. The van der Waals surface area contributed by atoms with Gasteiger partial charge >= 0.3 is 5.97 Å². The largest absolute Gasteiger partial charge is 0.423 e. The minimum atomic E-state index is -0.610. The fraction of sp³-hybridized carbons (Fsp3) is 0.0800. The summed E-state index contributed by atoms with van der Waals surface area (Å²) in [6.45, 7) is 2.19. The molecule has 5 nitrogen and oxygen atoms in total. The predicted octanol–water partition coefficient (Wildman–Crippen LogP) is 6.76. The number of esters is 1. The van der Waals surface area contributed by atoms with Crippen LogP contribution in [0.5, 0.6) is 5.75 Å². The third kappa shape index (κ3) is 5.47. The highest BCUT2D eigenvalue weighted by Gasteiger charge is 2.35. The molecule has 0 aliphatic carbocycles. The lowest BCUT2D eigenvalue weighted by atomic mass is 10.1. The number of benzene rings is 3. The van der Waals surface area contributed by atoms with Crippen molar-refractivity contribution in [2.24, 2.45) is 0 Å². The Morgan fingerprint density at radius 1 is 1.03 bits per heavy atom. The number of rotatable bonds is 5. The Morgan fingerprint density at radius 2 is 1.79 bits per heavy atom. The van der Waals surface area contributed by atoms with Crippen molar-refractivity contribution in [3.63, 3.8) is 0 Å². The number of nitrogens with zero attached hydrogens (tertiary/aromatic N) is 1. The summed E-state index contributed by atoms with van der Waals surface area (Å²) in [6.07, 6.45) is 1.64. The van der Waals surface area contributed by atoms with Crippen LogP contribution in [0.3, 0.4) is 0 Å². The summed E-state index contributed by atoms with van der Waals surface area (Å²) in [5, 5.41) is 0.313. The zero-order valence-corrected chi connectivity index (χ0v) is 19.7. The second-order valence-electron chi connectivity index (χ2n) is 7.34. The first kappa shape index (κ1) is 23.1. The van der Waals surface area contributed by atoms with Gasteiger partial charge in [-0.3, -0.25) is 14.5 Å². The number of imide groups is 1. The Balaban J connectivity index is 1.44. The van der Waals surface area contributed by atoms with Crippen LogP contribution in [0.2, 0.25) is 10.0 Å². The van der Waals surface area contributed by atoms with Gasteiger partial charge < -0.3 is 4.74 Å². The van der Waals surface area contributed by atoms with Crippen LogP contribution in [0.4, 0.5) is 4.79 Å². The first-order valence-corrected chi connectivity index (χ1v) is 11.5. The number of carbonyl (C=O) groups excluding carboxylic acids is 3. The molecule has 1 aliphatic rings. The summed E-state index contributed by atoms with van der Waals surface area (Å²) in [6, 6.07) is 18.8. The highest BCUT2D eigenvalue weighted by Crippen LogP contribution is 2.33. The molecule has 1 fully saturated rings. The van der Waals surface area contributed by atoms with Crippen LogP contribution in [0.25, 0.3) is 6.08 Å². The van der Waals surface area contributed by atoms with Crippen molar-refractivity contribution in [1.29, 1.82) is 0 Å². The van der Waals surface area contributed by atoms with Crippen molar-refractivity contribution < 1.29 is 19.1 Å². The molecule has 33 heavy (non-hydrogen) atoms. The van der Waals surface area contributed by atoms with Crippen LogP contribution in [0.1, 0.15) is 27.0 Å². The van der Waals surface area contributed by atoms with Crippen molar-refractivity contribution in [3.05, 3.63) is 104 Å². The monoisotopic (exact) mass is 497 g/mol. The molecule has 0 bridgehead atoms. The fourth-order valence-electron chi connectivity index (χ4n) is 3.23. The maximum absolute atomic E-state index is 12.8. The Labute approximate surface area is 204 Å². The zero-order valence-electron chi connectivity index (χ0n) is 17.4. The highest BCUT2D eigenvalue weighted by molar-refractivity contribution is 8.18. The first-order valence-electron chi connectivity index (χ1n) is 9.88. The molecule has 0 spiro atoms. The minimum Gasteiger partial charge on any atom is -0.423 e. The maximum atomic E-state index is 12.8. The van der Waals surface area contributed by atoms with Gasteiger partial charge in [0, 0.05) is 5.02 Å². The Kier molecular flexibility index (Phi) is 6.88. The molecule has 4 rings (SSSR count). The van der Waals surface area contributed by atoms with Gasteiger partial charge in [-0.25, -0.2) is 4.79 Å². The lowest BCUT2D eigenvalue weighted by Crippen LogP contribution is -2.27. The molecule has 3 aromatic rings. The summed E-state index contributed by atoms with van der Waals surface area (Å²) in [5.74, 6) is -0.628. The van der Waals surface area contributed by atoms with Gasteiger partial charge in [-0.15, -0.1) is 0 Å². The van der Waals surface area contributed by atoms with Gasteiger partial charge in [0.05, 0.1) is 22.0 Å². The summed E-state index contributed by atoms with van der Waals surface area (Å²) >= 11 is 12.8. The second kappa shape index (κ2) is 9.83. The van der Waals surface area contributed by atoms with E-state index in [1.54, 1.807) is 36.4 Å². The van der Waals surface area contributed by atoms with Gasteiger partial charge in [0.1, 0.15) is 5.75 Å². The molecule has 1 saturated heterocycles. The molecule has 0 aromatic heterocycles. The van der Waals surface area contributed by atoms with Gasteiger partial charge in [-0.05, 0) is 66.2 Å². The Morgan fingerprint density at radius 3 is 2.48 bits per heavy atom. The number of carbonyl (C=O) groups is 3. The molecule has 1 heterocycles. The summed E-state index contributed by atoms with van der Waals surface area (Å²) in [7, 11) is 0. The standard InChI is InChI=1S/C25H17Cl2NO4S/c1-15-3-2-4-17(11-15)14-28-23(29)22(33-25(28)31)12-16-5-8-19(9-6-16)32-24(30)20-10-7-18(26)13-21(20)27/h2-13H,14H2,1H3/b22-12-. The molecule has 0 atom stereocenters. The zero-order chi connectivity index (χ0) is 23.5.